The molecule has 0 spiro atoms. The third kappa shape index (κ3) is 61.2. The Morgan fingerprint density at radius 1 is 0.425 bits per heavy atom. The summed E-state index contributed by atoms with van der Waals surface area (Å²) in [6, 6.07) is 0. The van der Waals surface area contributed by atoms with Crippen molar-refractivity contribution in [1.29, 1.82) is 0 Å². The number of rotatable bonds is 20. The first-order chi connectivity index (χ1) is 19.0. The largest absolute Gasteiger partial charge is 0.481 e. The van der Waals surface area contributed by atoms with Gasteiger partial charge in [-0.1, -0.05) is 71.1 Å². The van der Waals surface area contributed by atoms with E-state index < -0.39 is 30.4 Å². The van der Waals surface area contributed by atoms with Crippen LogP contribution in [0.15, 0.2) is 0 Å². The van der Waals surface area contributed by atoms with E-state index in [1.54, 1.807) is 0 Å². The molecular formula is C26H60O14. The SMILES string of the molecule is CCCCCCCCCCCCCC(=O)O.OCC(O)CO.OCC(O)CO.OCC(O)CO.OCC(O)CO. The highest BCUT2D eigenvalue weighted by Gasteiger charge is 1.97. The smallest absolute Gasteiger partial charge is 0.303 e. The number of hydrogen-bond donors (Lipinski definition) is 13. The van der Waals surface area contributed by atoms with Crippen molar-refractivity contribution in [2.75, 3.05) is 52.9 Å². The zero-order valence-electron chi connectivity index (χ0n) is 24.2. The van der Waals surface area contributed by atoms with Gasteiger partial charge in [-0.3, -0.25) is 4.79 Å². The first-order valence-electron chi connectivity index (χ1n) is 13.8. The Morgan fingerprint density at radius 3 is 0.775 bits per heavy atom. The average Bonchev–Trinajstić information content (AvgIpc) is 2.99. The van der Waals surface area contributed by atoms with E-state index in [-0.39, 0.29) is 52.9 Å². The van der Waals surface area contributed by atoms with E-state index >= 15 is 0 Å². The van der Waals surface area contributed by atoms with Crippen LogP contribution in [0.4, 0.5) is 0 Å². The maximum Gasteiger partial charge on any atom is 0.303 e. The lowest BCUT2D eigenvalue weighted by Crippen LogP contribution is -2.15. The second kappa shape index (κ2) is 45.0. The Hall–Kier alpha value is -1.01. The Balaban J connectivity index is -0.000000142. The lowest BCUT2D eigenvalue weighted by atomic mass is 10.1. The van der Waals surface area contributed by atoms with Gasteiger partial charge in [-0.15, -0.1) is 0 Å². The maximum absolute atomic E-state index is 10.3. The van der Waals surface area contributed by atoms with Gasteiger partial charge in [-0.25, -0.2) is 0 Å². The molecule has 0 saturated carbocycles. The van der Waals surface area contributed by atoms with E-state index in [0.717, 1.165) is 12.8 Å². The number of carbonyl (C=O) groups is 1. The number of aliphatic hydroxyl groups excluding tert-OH is 12. The highest BCUT2D eigenvalue weighted by atomic mass is 16.4. The van der Waals surface area contributed by atoms with Gasteiger partial charge in [-0.2, -0.15) is 0 Å². The molecule has 0 radical (unpaired) electrons. The third-order valence-electron chi connectivity index (χ3n) is 4.68. The monoisotopic (exact) mass is 596 g/mol. The molecule has 0 aromatic heterocycles. The Morgan fingerprint density at radius 2 is 0.625 bits per heavy atom. The molecule has 40 heavy (non-hydrogen) atoms. The summed E-state index contributed by atoms with van der Waals surface area (Å²) in [6.45, 7) is -0.670. The fraction of sp³-hybridized carbons (Fsp3) is 0.962. The summed E-state index contributed by atoms with van der Waals surface area (Å²) in [5.41, 5.74) is 0. The van der Waals surface area contributed by atoms with Crippen LogP contribution in [-0.2, 0) is 4.79 Å². The van der Waals surface area contributed by atoms with Crippen molar-refractivity contribution in [1.82, 2.24) is 0 Å². The van der Waals surface area contributed by atoms with Gasteiger partial charge in [0.05, 0.1) is 52.9 Å². The molecule has 0 saturated heterocycles. The lowest BCUT2D eigenvalue weighted by molar-refractivity contribution is -0.137. The Kier molecular flexibility index (Phi) is 54.8. The summed E-state index contributed by atoms with van der Waals surface area (Å²) in [5.74, 6) is -0.657. The van der Waals surface area contributed by atoms with Gasteiger partial charge in [-0.05, 0) is 6.42 Å². The quantitative estimate of drug-likeness (QED) is 0.0684. The summed E-state index contributed by atoms with van der Waals surface area (Å²) >= 11 is 0. The Labute approximate surface area is 238 Å². The fourth-order valence-corrected chi connectivity index (χ4v) is 2.17. The van der Waals surface area contributed by atoms with Crippen LogP contribution < -0.4 is 0 Å². The maximum atomic E-state index is 10.3. The van der Waals surface area contributed by atoms with Crippen LogP contribution in [0.2, 0.25) is 0 Å². The van der Waals surface area contributed by atoms with Crippen LogP contribution in [0.5, 0.6) is 0 Å². The minimum absolute atomic E-state index is 0.344. The van der Waals surface area contributed by atoms with E-state index in [9.17, 15) is 4.79 Å². The van der Waals surface area contributed by atoms with Crippen molar-refractivity contribution in [2.24, 2.45) is 0 Å². The van der Waals surface area contributed by atoms with Crippen molar-refractivity contribution in [3.63, 3.8) is 0 Å². The van der Waals surface area contributed by atoms with Gasteiger partial charge in [0.2, 0.25) is 0 Å². The summed E-state index contributed by atoms with van der Waals surface area (Å²) in [4.78, 5) is 10.3. The Bertz CT molecular complexity index is 376. The molecule has 0 aliphatic heterocycles. The number of carboxylic acids is 1. The van der Waals surface area contributed by atoms with Gasteiger partial charge >= 0.3 is 5.97 Å². The molecule has 248 valence electrons. The third-order valence-corrected chi connectivity index (χ3v) is 4.68. The van der Waals surface area contributed by atoms with Gasteiger partial charge < -0.3 is 66.4 Å². The van der Waals surface area contributed by atoms with Crippen molar-refractivity contribution < 1.29 is 71.2 Å². The van der Waals surface area contributed by atoms with Gasteiger partial charge in [0.15, 0.2) is 0 Å². The van der Waals surface area contributed by atoms with Crippen molar-refractivity contribution >= 4 is 5.97 Å². The highest BCUT2D eigenvalue weighted by Crippen LogP contribution is 2.11. The molecule has 0 atom stereocenters. The summed E-state index contributed by atoms with van der Waals surface area (Å²) in [6.07, 6.45) is 10.5. The van der Waals surface area contributed by atoms with Crippen molar-refractivity contribution in [2.45, 2.75) is 108 Å². The molecule has 0 amide bonds. The van der Waals surface area contributed by atoms with Crippen molar-refractivity contribution in [3.05, 3.63) is 0 Å². The molecule has 0 heterocycles. The average molecular weight is 597 g/mol. The molecule has 0 unspecified atom stereocenters. The highest BCUT2D eigenvalue weighted by molar-refractivity contribution is 5.66. The molecule has 14 nitrogen and oxygen atoms in total. The first kappa shape index (κ1) is 48.7. The normalized spacial score (nSPS) is 10.2. The predicted molar refractivity (Wildman–Crippen MR) is 149 cm³/mol. The number of unbranched alkanes of at least 4 members (excludes halogenated alkanes) is 10. The molecule has 0 bridgehead atoms. The fourth-order valence-electron chi connectivity index (χ4n) is 2.17. The molecule has 0 fully saturated rings. The second-order valence-corrected chi connectivity index (χ2v) is 8.76. The summed E-state index contributed by atoms with van der Waals surface area (Å²) < 4.78 is 0. The zero-order valence-corrected chi connectivity index (χ0v) is 24.2. The lowest BCUT2D eigenvalue weighted by Gasteiger charge is -2.01. The summed E-state index contributed by atoms with van der Waals surface area (Å²) in [7, 11) is 0. The minimum Gasteiger partial charge on any atom is -0.481 e. The van der Waals surface area contributed by atoms with Gasteiger partial charge in [0.1, 0.15) is 24.4 Å². The predicted octanol–water partition coefficient (Wildman–Crippen LogP) is -1.90. The van der Waals surface area contributed by atoms with E-state index in [4.69, 9.17) is 66.4 Å². The van der Waals surface area contributed by atoms with E-state index in [1.807, 2.05) is 0 Å². The van der Waals surface area contributed by atoms with Crippen LogP contribution in [0.1, 0.15) is 84.0 Å². The molecule has 0 aliphatic rings. The number of hydrogen-bond acceptors (Lipinski definition) is 13. The van der Waals surface area contributed by atoms with Crippen LogP contribution in [0, 0.1) is 0 Å². The van der Waals surface area contributed by atoms with Crippen LogP contribution in [0.25, 0.3) is 0 Å². The second-order valence-electron chi connectivity index (χ2n) is 8.76. The molecule has 14 heteroatoms. The molecule has 0 aliphatic carbocycles. The van der Waals surface area contributed by atoms with Crippen LogP contribution in [0.3, 0.4) is 0 Å². The number of aliphatic carboxylic acids is 1. The van der Waals surface area contributed by atoms with Crippen LogP contribution >= 0.6 is 0 Å². The van der Waals surface area contributed by atoms with Gasteiger partial charge in [0.25, 0.3) is 0 Å². The van der Waals surface area contributed by atoms with E-state index in [0.29, 0.717) is 6.42 Å². The van der Waals surface area contributed by atoms with Gasteiger partial charge in [0, 0.05) is 6.42 Å². The van der Waals surface area contributed by atoms with Crippen molar-refractivity contribution in [3.8, 4) is 0 Å². The molecule has 13 N–H and O–H groups in total. The standard InChI is InChI=1S/C14H28O2.4C3H8O3/c1-2-3-4-5-6-7-8-9-10-11-12-13-14(15)16;4*4-1-3(6)2-5/h2-13H2,1H3,(H,15,16);4*3-6H,1-2H2. The molecule has 0 aromatic carbocycles. The summed E-state index contributed by atoms with van der Waals surface area (Å²) in [5, 5.41) is 105. The first-order valence-corrected chi connectivity index (χ1v) is 13.8. The zero-order chi connectivity index (χ0) is 32.0. The molecule has 0 aromatic rings. The molecular weight excluding hydrogens is 536 g/mol. The molecule has 0 rings (SSSR count). The number of aliphatic hydroxyl groups is 12. The minimum atomic E-state index is -0.954. The topological polar surface area (TPSA) is 280 Å². The van der Waals surface area contributed by atoms with E-state index in [1.165, 1.54) is 57.8 Å². The van der Waals surface area contributed by atoms with Crippen LogP contribution in [-0.4, -0.2) is 150 Å². The number of carboxylic acid groups (broad SMARTS) is 1. The van der Waals surface area contributed by atoms with E-state index in [2.05, 4.69) is 6.92 Å².